The average Bonchev–Trinajstić information content (AvgIpc) is 3.26. The maximum absolute atomic E-state index is 12.3. The van der Waals surface area contributed by atoms with Crippen LogP contribution in [-0.4, -0.2) is 28.9 Å². The number of nitrogens with one attached hydrogen (secondary N) is 2. The van der Waals surface area contributed by atoms with Crippen LogP contribution in [0.15, 0.2) is 15.5 Å². The molecule has 0 radical (unpaired) electrons. The van der Waals surface area contributed by atoms with Crippen LogP contribution in [0.3, 0.4) is 0 Å². The molecule has 1 aliphatic carbocycles. The van der Waals surface area contributed by atoms with E-state index < -0.39 is 0 Å². The first kappa shape index (κ1) is 14.1. The lowest BCUT2D eigenvalue weighted by Gasteiger charge is -2.18. The number of halogens is 1. The van der Waals surface area contributed by atoms with Gasteiger partial charge < -0.3 is 10.6 Å². The van der Waals surface area contributed by atoms with Gasteiger partial charge in [-0.3, -0.25) is 4.79 Å². The van der Waals surface area contributed by atoms with Crippen molar-refractivity contribution in [2.24, 2.45) is 5.92 Å². The second kappa shape index (κ2) is 6.26. The van der Waals surface area contributed by atoms with Crippen molar-refractivity contribution < 1.29 is 0 Å². The predicted octanol–water partition coefficient (Wildman–Crippen LogP) is 1.97. The standard InChI is InChI=1S/C14H21BrN4O/c15-13-12(18-11-2-1-6-16-7-5-11)8-17-19(14(13)20)9-10-3-4-10/h8,10-11,16,18H,1-7,9H2. The minimum Gasteiger partial charge on any atom is -0.380 e. The lowest BCUT2D eigenvalue weighted by Crippen LogP contribution is -2.28. The summed E-state index contributed by atoms with van der Waals surface area (Å²) in [7, 11) is 0. The zero-order valence-electron chi connectivity index (χ0n) is 11.6. The molecule has 1 saturated heterocycles. The van der Waals surface area contributed by atoms with E-state index in [0.29, 0.717) is 16.4 Å². The summed E-state index contributed by atoms with van der Waals surface area (Å²) < 4.78 is 2.20. The zero-order chi connectivity index (χ0) is 13.9. The van der Waals surface area contributed by atoms with Gasteiger partial charge in [-0.25, -0.2) is 4.68 Å². The van der Waals surface area contributed by atoms with Gasteiger partial charge in [-0.05, 0) is 67.0 Å². The van der Waals surface area contributed by atoms with Gasteiger partial charge in [0.1, 0.15) is 4.47 Å². The van der Waals surface area contributed by atoms with Crippen LogP contribution in [0.2, 0.25) is 0 Å². The van der Waals surface area contributed by atoms with E-state index in [-0.39, 0.29) is 5.56 Å². The second-order valence-corrected chi connectivity index (χ2v) is 6.62. The van der Waals surface area contributed by atoms with Gasteiger partial charge in [0, 0.05) is 12.6 Å². The summed E-state index contributed by atoms with van der Waals surface area (Å²) in [5.41, 5.74) is 0.808. The van der Waals surface area contributed by atoms with E-state index in [0.717, 1.165) is 38.2 Å². The van der Waals surface area contributed by atoms with Gasteiger partial charge in [0.2, 0.25) is 0 Å². The highest BCUT2D eigenvalue weighted by molar-refractivity contribution is 9.10. The lowest BCUT2D eigenvalue weighted by atomic mass is 10.1. The van der Waals surface area contributed by atoms with Crippen molar-refractivity contribution >= 4 is 21.6 Å². The van der Waals surface area contributed by atoms with Gasteiger partial charge >= 0.3 is 0 Å². The molecule has 0 spiro atoms. The first-order valence-corrected chi connectivity index (χ1v) is 8.26. The van der Waals surface area contributed by atoms with Crippen molar-refractivity contribution in [1.29, 1.82) is 0 Å². The number of anilines is 1. The largest absolute Gasteiger partial charge is 0.380 e. The molecule has 1 aliphatic heterocycles. The Hall–Kier alpha value is -0.880. The highest BCUT2D eigenvalue weighted by Crippen LogP contribution is 2.30. The third-order valence-corrected chi connectivity index (χ3v) is 4.81. The Labute approximate surface area is 127 Å². The number of hydrogen-bond acceptors (Lipinski definition) is 4. The van der Waals surface area contributed by atoms with Gasteiger partial charge in [-0.1, -0.05) is 0 Å². The van der Waals surface area contributed by atoms with Crippen LogP contribution in [0.4, 0.5) is 5.69 Å². The SMILES string of the molecule is O=c1c(Br)c(NC2CCCNCC2)cnn1CC1CC1. The molecular weight excluding hydrogens is 320 g/mol. The van der Waals surface area contributed by atoms with E-state index in [1.807, 2.05) is 0 Å². The van der Waals surface area contributed by atoms with Crippen molar-refractivity contribution in [3.63, 3.8) is 0 Å². The van der Waals surface area contributed by atoms with Crippen molar-refractivity contribution in [2.75, 3.05) is 18.4 Å². The van der Waals surface area contributed by atoms with Crippen LogP contribution in [-0.2, 0) is 6.54 Å². The molecule has 2 fully saturated rings. The maximum atomic E-state index is 12.3. The number of aromatic nitrogens is 2. The molecule has 0 amide bonds. The first-order valence-electron chi connectivity index (χ1n) is 7.47. The molecule has 5 nitrogen and oxygen atoms in total. The quantitative estimate of drug-likeness (QED) is 0.879. The number of nitrogens with zero attached hydrogens (tertiary/aromatic N) is 2. The Morgan fingerprint density at radius 2 is 2.20 bits per heavy atom. The molecule has 6 heteroatoms. The topological polar surface area (TPSA) is 59.0 Å². The van der Waals surface area contributed by atoms with Crippen LogP contribution >= 0.6 is 15.9 Å². The first-order chi connectivity index (χ1) is 9.74. The van der Waals surface area contributed by atoms with Crippen molar-refractivity contribution in [1.82, 2.24) is 15.1 Å². The fourth-order valence-electron chi connectivity index (χ4n) is 2.62. The molecule has 2 heterocycles. The predicted molar refractivity (Wildman–Crippen MR) is 83.1 cm³/mol. The molecule has 1 aromatic heterocycles. The molecule has 1 aromatic rings. The third-order valence-electron chi connectivity index (χ3n) is 4.05. The molecule has 0 bridgehead atoms. The van der Waals surface area contributed by atoms with E-state index in [9.17, 15) is 4.79 Å². The molecule has 1 unspecified atom stereocenters. The van der Waals surface area contributed by atoms with Crippen LogP contribution in [0.1, 0.15) is 32.1 Å². The van der Waals surface area contributed by atoms with Crippen LogP contribution in [0.25, 0.3) is 0 Å². The van der Waals surface area contributed by atoms with Gasteiger partial charge in [-0.15, -0.1) is 0 Å². The van der Waals surface area contributed by atoms with Crippen LogP contribution in [0.5, 0.6) is 0 Å². The maximum Gasteiger partial charge on any atom is 0.283 e. The van der Waals surface area contributed by atoms with E-state index in [1.165, 1.54) is 19.3 Å². The Bertz CT molecular complexity index is 518. The minimum atomic E-state index is -0.0198. The summed E-state index contributed by atoms with van der Waals surface area (Å²) in [6, 6.07) is 0.418. The normalized spacial score (nSPS) is 23.4. The average molecular weight is 341 g/mol. The van der Waals surface area contributed by atoms with E-state index in [4.69, 9.17) is 0 Å². The molecule has 0 aromatic carbocycles. The van der Waals surface area contributed by atoms with E-state index in [1.54, 1.807) is 10.9 Å². The molecule has 110 valence electrons. The fourth-order valence-corrected chi connectivity index (χ4v) is 3.05. The highest BCUT2D eigenvalue weighted by atomic mass is 79.9. The Morgan fingerprint density at radius 3 is 3.00 bits per heavy atom. The molecule has 3 rings (SSSR count). The van der Waals surface area contributed by atoms with Gasteiger partial charge in [0.15, 0.2) is 0 Å². The highest BCUT2D eigenvalue weighted by Gasteiger charge is 2.23. The Morgan fingerprint density at radius 1 is 1.35 bits per heavy atom. The molecular formula is C14H21BrN4O. The summed E-state index contributed by atoms with van der Waals surface area (Å²) in [6.45, 7) is 2.87. The lowest BCUT2D eigenvalue weighted by molar-refractivity contribution is 0.530. The van der Waals surface area contributed by atoms with E-state index in [2.05, 4.69) is 31.7 Å². The summed E-state index contributed by atoms with van der Waals surface area (Å²) >= 11 is 3.44. The molecule has 20 heavy (non-hydrogen) atoms. The second-order valence-electron chi connectivity index (χ2n) is 5.83. The third kappa shape index (κ3) is 3.41. The van der Waals surface area contributed by atoms with Gasteiger partial charge in [0.05, 0.1) is 11.9 Å². The van der Waals surface area contributed by atoms with E-state index >= 15 is 0 Å². The Kier molecular flexibility index (Phi) is 4.41. The summed E-state index contributed by atoms with van der Waals surface area (Å²) in [5, 5.41) is 11.2. The summed E-state index contributed by atoms with van der Waals surface area (Å²) in [5.74, 6) is 0.652. The van der Waals surface area contributed by atoms with Gasteiger partial charge in [0.25, 0.3) is 5.56 Å². The van der Waals surface area contributed by atoms with Crippen LogP contribution in [0, 0.1) is 5.92 Å². The smallest absolute Gasteiger partial charge is 0.283 e. The Balaban J connectivity index is 1.72. The molecule has 2 N–H and O–H groups in total. The zero-order valence-corrected chi connectivity index (χ0v) is 13.2. The van der Waals surface area contributed by atoms with Crippen molar-refractivity contribution in [3.05, 3.63) is 21.0 Å². The monoisotopic (exact) mass is 340 g/mol. The molecule has 2 aliphatic rings. The minimum absolute atomic E-state index is 0.0198. The van der Waals surface area contributed by atoms with Gasteiger partial charge in [-0.2, -0.15) is 5.10 Å². The summed E-state index contributed by atoms with van der Waals surface area (Å²) in [4.78, 5) is 12.3. The number of rotatable bonds is 4. The molecule has 1 saturated carbocycles. The van der Waals surface area contributed by atoms with Crippen LogP contribution < -0.4 is 16.2 Å². The molecule has 1 atom stereocenters. The van der Waals surface area contributed by atoms with Crippen molar-refractivity contribution in [2.45, 2.75) is 44.7 Å². The fraction of sp³-hybridized carbons (Fsp3) is 0.714. The summed E-state index contributed by atoms with van der Waals surface area (Å²) in [6.07, 6.45) is 7.61. The number of hydrogen-bond donors (Lipinski definition) is 2. The van der Waals surface area contributed by atoms with Crippen molar-refractivity contribution in [3.8, 4) is 0 Å².